The van der Waals surface area contributed by atoms with E-state index in [0.29, 0.717) is 12.0 Å². The maximum atomic E-state index is 5.40. The molecule has 0 saturated heterocycles. The molecule has 0 radical (unpaired) electrons. The number of nitrogens with zero attached hydrogens (tertiary/aromatic N) is 1. The van der Waals surface area contributed by atoms with Crippen LogP contribution < -0.4 is 9.64 Å². The van der Waals surface area contributed by atoms with Crippen LogP contribution in [0.2, 0.25) is 0 Å². The number of fused-ring (bicyclic) bond motifs is 1. The molecule has 0 bridgehead atoms. The summed E-state index contributed by atoms with van der Waals surface area (Å²) in [5.41, 5.74) is 2.66. The summed E-state index contributed by atoms with van der Waals surface area (Å²) in [6.07, 6.45) is 0. The molecule has 0 aliphatic carbocycles. The third kappa shape index (κ3) is 1.10. The average molecular weight is 191 g/mol. The van der Waals surface area contributed by atoms with Gasteiger partial charge in [-0.15, -0.1) is 0 Å². The Morgan fingerprint density at radius 1 is 1.29 bits per heavy atom. The van der Waals surface area contributed by atoms with Gasteiger partial charge in [-0.2, -0.15) is 0 Å². The van der Waals surface area contributed by atoms with Gasteiger partial charge < -0.3 is 9.64 Å². The van der Waals surface area contributed by atoms with E-state index in [2.05, 4.69) is 37.9 Å². The predicted octanol–water partition coefficient (Wildman–Crippen LogP) is 2.64. The van der Waals surface area contributed by atoms with Crippen molar-refractivity contribution in [2.24, 2.45) is 0 Å². The number of likely N-dealkylation sites (N-methyl/N-ethyl adjacent to an activating group) is 1. The molecule has 2 heteroatoms. The van der Waals surface area contributed by atoms with Crippen LogP contribution >= 0.6 is 0 Å². The Bertz CT molecular complexity index is 348. The van der Waals surface area contributed by atoms with Gasteiger partial charge in [0.15, 0.2) is 0 Å². The molecule has 2 nitrogen and oxygen atoms in total. The molecule has 0 N–H and O–H groups in total. The first kappa shape index (κ1) is 9.38. The lowest BCUT2D eigenvalue weighted by molar-refractivity contribution is 0.407. The van der Waals surface area contributed by atoms with Gasteiger partial charge in [0.1, 0.15) is 5.75 Å². The van der Waals surface area contributed by atoms with Crippen molar-refractivity contribution in [1.29, 1.82) is 0 Å². The van der Waals surface area contributed by atoms with Crippen LogP contribution in [-0.2, 0) is 0 Å². The maximum Gasteiger partial charge on any atom is 0.124 e. The SMILES string of the molecule is COc1cccc2c1C(C)C(C)N2C. The standard InChI is InChI=1S/C12H17NO/c1-8-9(2)13(3)10-6-5-7-11(14-4)12(8)10/h5-9H,1-4H3. The van der Waals surface area contributed by atoms with Gasteiger partial charge in [-0.05, 0) is 19.1 Å². The summed E-state index contributed by atoms with van der Waals surface area (Å²) < 4.78 is 5.40. The summed E-state index contributed by atoms with van der Waals surface area (Å²) in [7, 11) is 3.89. The Labute approximate surface area is 85.5 Å². The Kier molecular flexibility index (Phi) is 2.14. The van der Waals surface area contributed by atoms with E-state index in [0.717, 1.165) is 5.75 Å². The summed E-state index contributed by atoms with van der Waals surface area (Å²) in [5.74, 6) is 1.57. The number of ether oxygens (including phenoxy) is 1. The summed E-state index contributed by atoms with van der Waals surface area (Å²) >= 11 is 0. The van der Waals surface area contributed by atoms with Gasteiger partial charge in [0.25, 0.3) is 0 Å². The number of rotatable bonds is 1. The van der Waals surface area contributed by atoms with Crippen molar-refractivity contribution in [2.45, 2.75) is 25.8 Å². The van der Waals surface area contributed by atoms with Crippen molar-refractivity contribution in [1.82, 2.24) is 0 Å². The lowest BCUT2D eigenvalue weighted by Crippen LogP contribution is -2.25. The van der Waals surface area contributed by atoms with Gasteiger partial charge in [0.2, 0.25) is 0 Å². The average Bonchev–Trinajstić information content (AvgIpc) is 2.44. The molecule has 1 aromatic rings. The predicted molar refractivity (Wildman–Crippen MR) is 59.3 cm³/mol. The first-order valence-electron chi connectivity index (χ1n) is 5.06. The quantitative estimate of drug-likeness (QED) is 0.676. The van der Waals surface area contributed by atoms with Gasteiger partial charge >= 0.3 is 0 Å². The highest BCUT2D eigenvalue weighted by Crippen LogP contribution is 2.44. The topological polar surface area (TPSA) is 12.5 Å². The minimum atomic E-state index is 0.547. The van der Waals surface area contributed by atoms with Crippen LogP contribution in [0.25, 0.3) is 0 Å². The van der Waals surface area contributed by atoms with Crippen LogP contribution in [0.1, 0.15) is 25.3 Å². The number of hydrogen-bond donors (Lipinski definition) is 0. The van der Waals surface area contributed by atoms with Crippen molar-refractivity contribution < 1.29 is 4.74 Å². The van der Waals surface area contributed by atoms with E-state index in [1.807, 2.05) is 6.07 Å². The van der Waals surface area contributed by atoms with Crippen molar-refractivity contribution >= 4 is 5.69 Å². The largest absolute Gasteiger partial charge is 0.496 e. The van der Waals surface area contributed by atoms with Crippen molar-refractivity contribution in [3.8, 4) is 5.75 Å². The monoisotopic (exact) mass is 191 g/mol. The molecule has 1 aliphatic rings. The van der Waals surface area contributed by atoms with Gasteiger partial charge in [-0.1, -0.05) is 13.0 Å². The fourth-order valence-corrected chi connectivity index (χ4v) is 2.27. The van der Waals surface area contributed by atoms with Crippen molar-refractivity contribution in [2.75, 3.05) is 19.1 Å². The molecule has 1 aliphatic heterocycles. The Morgan fingerprint density at radius 3 is 2.64 bits per heavy atom. The molecule has 1 heterocycles. The lowest BCUT2D eigenvalue weighted by atomic mass is 9.97. The third-order valence-electron chi connectivity index (χ3n) is 3.43. The van der Waals surface area contributed by atoms with Gasteiger partial charge in [-0.3, -0.25) is 0 Å². The molecule has 0 amide bonds. The minimum Gasteiger partial charge on any atom is -0.496 e. The second kappa shape index (κ2) is 3.19. The van der Waals surface area contributed by atoms with Crippen LogP contribution in [0.3, 0.4) is 0 Å². The van der Waals surface area contributed by atoms with E-state index >= 15 is 0 Å². The molecule has 1 aromatic carbocycles. The molecule has 2 atom stereocenters. The van der Waals surface area contributed by atoms with E-state index in [9.17, 15) is 0 Å². The first-order chi connectivity index (χ1) is 6.66. The van der Waals surface area contributed by atoms with Crippen LogP contribution in [0.4, 0.5) is 5.69 Å². The first-order valence-corrected chi connectivity index (χ1v) is 5.06. The second-order valence-corrected chi connectivity index (χ2v) is 4.03. The molecule has 2 unspecified atom stereocenters. The van der Waals surface area contributed by atoms with Crippen molar-refractivity contribution in [3.63, 3.8) is 0 Å². The van der Waals surface area contributed by atoms with Gasteiger partial charge in [-0.25, -0.2) is 0 Å². The highest BCUT2D eigenvalue weighted by Gasteiger charge is 2.32. The lowest BCUT2D eigenvalue weighted by Gasteiger charge is -2.20. The number of anilines is 1. The highest BCUT2D eigenvalue weighted by atomic mass is 16.5. The zero-order valence-corrected chi connectivity index (χ0v) is 9.24. The number of methoxy groups -OCH3 is 1. The van der Waals surface area contributed by atoms with Crippen LogP contribution in [0.15, 0.2) is 18.2 Å². The normalized spacial score (nSPS) is 25.0. The molecule has 0 spiro atoms. The molecular weight excluding hydrogens is 174 g/mol. The molecule has 0 saturated carbocycles. The van der Waals surface area contributed by atoms with E-state index in [4.69, 9.17) is 4.74 Å². The van der Waals surface area contributed by atoms with Crippen molar-refractivity contribution in [3.05, 3.63) is 23.8 Å². The number of hydrogen-bond acceptors (Lipinski definition) is 2. The van der Waals surface area contributed by atoms with Crippen LogP contribution in [0.5, 0.6) is 5.75 Å². The third-order valence-corrected chi connectivity index (χ3v) is 3.43. The molecule has 2 rings (SSSR count). The Hall–Kier alpha value is -1.18. The zero-order chi connectivity index (χ0) is 10.3. The Morgan fingerprint density at radius 2 is 2.00 bits per heavy atom. The van der Waals surface area contributed by atoms with E-state index in [1.165, 1.54) is 11.3 Å². The fraction of sp³-hybridized carbons (Fsp3) is 0.500. The van der Waals surface area contributed by atoms with Crippen LogP contribution in [0, 0.1) is 0 Å². The smallest absolute Gasteiger partial charge is 0.124 e. The fourth-order valence-electron chi connectivity index (χ4n) is 2.27. The minimum absolute atomic E-state index is 0.547. The Balaban J connectivity index is 2.57. The maximum absolute atomic E-state index is 5.40. The molecule has 76 valence electrons. The highest BCUT2D eigenvalue weighted by molar-refractivity contribution is 5.65. The van der Waals surface area contributed by atoms with E-state index < -0.39 is 0 Å². The van der Waals surface area contributed by atoms with Crippen LogP contribution in [-0.4, -0.2) is 20.2 Å². The molecule has 0 aromatic heterocycles. The van der Waals surface area contributed by atoms with Gasteiger partial charge in [0.05, 0.1) is 7.11 Å². The van der Waals surface area contributed by atoms with E-state index in [1.54, 1.807) is 7.11 Å². The summed E-state index contributed by atoms with van der Waals surface area (Å²) in [4.78, 5) is 2.32. The summed E-state index contributed by atoms with van der Waals surface area (Å²) in [6, 6.07) is 6.82. The summed E-state index contributed by atoms with van der Waals surface area (Å²) in [5, 5.41) is 0. The second-order valence-electron chi connectivity index (χ2n) is 4.03. The zero-order valence-electron chi connectivity index (χ0n) is 9.24. The molecule has 14 heavy (non-hydrogen) atoms. The van der Waals surface area contributed by atoms with Gasteiger partial charge in [0, 0.05) is 30.3 Å². The summed E-state index contributed by atoms with van der Waals surface area (Å²) in [6.45, 7) is 4.51. The molecular formula is C12H17NO. The number of benzene rings is 1. The molecule has 0 fully saturated rings. The van der Waals surface area contributed by atoms with E-state index in [-0.39, 0.29) is 0 Å².